The lowest BCUT2D eigenvalue weighted by Crippen LogP contribution is -2.14. The molecule has 0 aliphatic rings. The molecule has 3 nitrogen and oxygen atoms in total. The summed E-state index contributed by atoms with van der Waals surface area (Å²) in [5, 5.41) is 10.0. The van der Waals surface area contributed by atoms with Gasteiger partial charge in [0.2, 0.25) is 0 Å². The molecular weight excluding hydrogens is 274 g/mol. The summed E-state index contributed by atoms with van der Waals surface area (Å²) in [6.07, 6.45) is 5.75. The first-order valence-corrected chi connectivity index (χ1v) is 7.96. The van der Waals surface area contributed by atoms with Crippen molar-refractivity contribution in [2.45, 2.75) is 46.6 Å². The summed E-state index contributed by atoms with van der Waals surface area (Å²) >= 11 is 0. The molecule has 1 atom stereocenters. The van der Waals surface area contributed by atoms with Crippen molar-refractivity contribution >= 4 is 22.4 Å². The zero-order valence-corrected chi connectivity index (χ0v) is 13.8. The number of hydrogen-bond donors (Lipinski definition) is 1. The van der Waals surface area contributed by atoms with Gasteiger partial charge >= 0.3 is 5.97 Å². The van der Waals surface area contributed by atoms with Crippen LogP contribution in [0.3, 0.4) is 0 Å². The highest BCUT2D eigenvalue weighted by Crippen LogP contribution is 2.30. The second-order valence-corrected chi connectivity index (χ2v) is 6.26. The van der Waals surface area contributed by atoms with Crippen LogP contribution in [0.1, 0.15) is 52.1 Å². The third kappa shape index (κ3) is 3.41. The molecule has 1 unspecified atom stereocenters. The molecule has 1 aromatic heterocycles. The van der Waals surface area contributed by atoms with Crippen LogP contribution in [0, 0.1) is 5.92 Å². The van der Waals surface area contributed by atoms with Crippen molar-refractivity contribution in [3.8, 4) is 0 Å². The van der Waals surface area contributed by atoms with Crippen LogP contribution in [0.15, 0.2) is 36.5 Å². The maximum atomic E-state index is 10.8. The van der Waals surface area contributed by atoms with Gasteiger partial charge in [-0.25, -0.2) is 4.79 Å². The first-order chi connectivity index (χ1) is 10.4. The summed E-state index contributed by atoms with van der Waals surface area (Å²) in [7, 11) is 0. The standard InChI is InChI=1S/C19H25NO2/c1-5-6-17(13(2)3)20-10-9-16-12-15(7-8-18(16)20)14(4)11-19(21)22/h7-13,17H,5-6H2,1-4H3,(H,21,22)/b14-11+. The van der Waals surface area contributed by atoms with Crippen LogP contribution in [-0.2, 0) is 4.79 Å². The van der Waals surface area contributed by atoms with Crippen molar-refractivity contribution in [3.63, 3.8) is 0 Å². The molecule has 0 spiro atoms. The molecular formula is C19H25NO2. The predicted molar refractivity (Wildman–Crippen MR) is 92.0 cm³/mol. The molecule has 1 heterocycles. The van der Waals surface area contributed by atoms with Crippen LogP contribution in [0.25, 0.3) is 16.5 Å². The van der Waals surface area contributed by atoms with E-state index in [1.54, 1.807) is 0 Å². The number of aromatic nitrogens is 1. The molecule has 0 bridgehead atoms. The van der Waals surface area contributed by atoms with Crippen LogP contribution >= 0.6 is 0 Å². The van der Waals surface area contributed by atoms with Crippen molar-refractivity contribution in [1.82, 2.24) is 4.57 Å². The van der Waals surface area contributed by atoms with E-state index < -0.39 is 5.97 Å². The number of benzene rings is 1. The van der Waals surface area contributed by atoms with E-state index in [4.69, 9.17) is 5.11 Å². The number of aliphatic carboxylic acids is 1. The van der Waals surface area contributed by atoms with Gasteiger partial charge in [0.1, 0.15) is 0 Å². The largest absolute Gasteiger partial charge is 0.478 e. The Balaban J connectivity index is 2.44. The van der Waals surface area contributed by atoms with Gasteiger partial charge in [-0.3, -0.25) is 0 Å². The van der Waals surface area contributed by atoms with E-state index >= 15 is 0 Å². The highest BCUT2D eigenvalue weighted by atomic mass is 16.4. The minimum absolute atomic E-state index is 0.504. The van der Waals surface area contributed by atoms with E-state index in [1.165, 1.54) is 24.4 Å². The molecule has 0 saturated heterocycles. The van der Waals surface area contributed by atoms with Gasteiger partial charge in [0, 0.05) is 29.2 Å². The second kappa shape index (κ2) is 6.82. The van der Waals surface area contributed by atoms with E-state index in [0.717, 1.165) is 16.5 Å². The van der Waals surface area contributed by atoms with Gasteiger partial charge in [0.05, 0.1) is 0 Å². The van der Waals surface area contributed by atoms with E-state index in [9.17, 15) is 4.79 Å². The van der Waals surface area contributed by atoms with Gasteiger partial charge < -0.3 is 9.67 Å². The second-order valence-electron chi connectivity index (χ2n) is 6.26. The number of rotatable bonds is 6. The third-order valence-corrected chi connectivity index (χ3v) is 4.23. The van der Waals surface area contributed by atoms with E-state index in [0.29, 0.717) is 12.0 Å². The van der Waals surface area contributed by atoms with Gasteiger partial charge in [-0.1, -0.05) is 33.3 Å². The topological polar surface area (TPSA) is 42.2 Å². The lowest BCUT2D eigenvalue weighted by Gasteiger charge is -2.23. The van der Waals surface area contributed by atoms with Crippen LogP contribution in [-0.4, -0.2) is 15.6 Å². The molecule has 0 fully saturated rings. The molecule has 3 heteroatoms. The highest BCUT2D eigenvalue weighted by Gasteiger charge is 2.16. The molecule has 0 radical (unpaired) electrons. The Hall–Kier alpha value is -2.03. The fraction of sp³-hybridized carbons (Fsp3) is 0.421. The first kappa shape index (κ1) is 16.3. The molecule has 0 saturated carbocycles. The SMILES string of the molecule is CCCC(C(C)C)n1ccc2cc(/C(C)=C/C(=O)O)ccc21. The van der Waals surface area contributed by atoms with Crippen molar-refractivity contribution in [1.29, 1.82) is 0 Å². The Morgan fingerprint density at radius 2 is 2.05 bits per heavy atom. The summed E-state index contributed by atoms with van der Waals surface area (Å²) in [5.41, 5.74) is 2.96. The highest BCUT2D eigenvalue weighted by molar-refractivity contribution is 5.91. The van der Waals surface area contributed by atoms with E-state index in [1.807, 2.05) is 13.0 Å². The summed E-state index contributed by atoms with van der Waals surface area (Å²) in [4.78, 5) is 10.8. The molecule has 0 amide bonds. The van der Waals surface area contributed by atoms with Crippen molar-refractivity contribution in [2.24, 2.45) is 5.92 Å². The zero-order valence-electron chi connectivity index (χ0n) is 13.8. The fourth-order valence-corrected chi connectivity index (χ4v) is 3.06. The van der Waals surface area contributed by atoms with Crippen molar-refractivity contribution in [2.75, 3.05) is 0 Å². The first-order valence-electron chi connectivity index (χ1n) is 7.96. The molecule has 1 N–H and O–H groups in total. The maximum absolute atomic E-state index is 10.8. The normalized spacial score (nSPS) is 13.8. The zero-order chi connectivity index (χ0) is 16.3. The maximum Gasteiger partial charge on any atom is 0.328 e. The number of allylic oxidation sites excluding steroid dienone is 1. The molecule has 2 rings (SSSR count). The van der Waals surface area contributed by atoms with Crippen LogP contribution < -0.4 is 0 Å². The third-order valence-electron chi connectivity index (χ3n) is 4.23. The van der Waals surface area contributed by atoms with Crippen LogP contribution in [0.4, 0.5) is 0 Å². The average Bonchev–Trinajstić information content (AvgIpc) is 2.86. The Bertz CT molecular complexity index is 695. The van der Waals surface area contributed by atoms with Crippen LogP contribution in [0.5, 0.6) is 0 Å². The number of carboxylic acid groups (broad SMARTS) is 1. The van der Waals surface area contributed by atoms with Crippen LogP contribution in [0.2, 0.25) is 0 Å². The van der Waals surface area contributed by atoms with Crippen molar-refractivity contribution in [3.05, 3.63) is 42.1 Å². The van der Waals surface area contributed by atoms with Gasteiger partial charge in [-0.05, 0) is 48.6 Å². The van der Waals surface area contributed by atoms with E-state index in [-0.39, 0.29) is 0 Å². The van der Waals surface area contributed by atoms with Gasteiger partial charge in [-0.2, -0.15) is 0 Å². The molecule has 1 aromatic carbocycles. The monoisotopic (exact) mass is 299 g/mol. The minimum Gasteiger partial charge on any atom is -0.478 e. The predicted octanol–water partition coefficient (Wildman–Crippen LogP) is 5.13. The summed E-state index contributed by atoms with van der Waals surface area (Å²) in [6, 6.07) is 8.82. The quantitative estimate of drug-likeness (QED) is 0.752. The average molecular weight is 299 g/mol. The van der Waals surface area contributed by atoms with Gasteiger partial charge in [-0.15, -0.1) is 0 Å². The summed E-state index contributed by atoms with van der Waals surface area (Å²) < 4.78 is 2.36. The van der Waals surface area contributed by atoms with Gasteiger partial charge in [0.25, 0.3) is 0 Å². The number of carbonyl (C=O) groups is 1. The Labute approximate surface area is 132 Å². The van der Waals surface area contributed by atoms with Crippen molar-refractivity contribution < 1.29 is 9.90 Å². The lowest BCUT2D eigenvalue weighted by atomic mass is 9.99. The summed E-state index contributed by atoms with van der Waals surface area (Å²) in [6.45, 7) is 8.58. The fourth-order valence-electron chi connectivity index (χ4n) is 3.06. The lowest BCUT2D eigenvalue weighted by molar-refractivity contribution is -0.131. The van der Waals surface area contributed by atoms with E-state index in [2.05, 4.69) is 49.7 Å². The number of hydrogen-bond acceptors (Lipinski definition) is 1. The summed E-state index contributed by atoms with van der Waals surface area (Å²) in [5.74, 6) is -0.318. The number of carboxylic acids is 1. The smallest absolute Gasteiger partial charge is 0.328 e. The minimum atomic E-state index is -0.905. The number of fused-ring (bicyclic) bond motifs is 1. The Kier molecular flexibility index (Phi) is 5.07. The molecule has 0 aliphatic heterocycles. The van der Waals surface area contributed by atoms with Gasteiger partial charge in [0.15, 0.2) is 0 Å². The Morgan fingerprint density at radius 1 is 1.32 bits per heavy atom. The molecule has 22 heavy (non-hydrogen) atoms. The molecule has 0 aliphatic carbocycles. The molecule has 2 aromatic rings. The number of nitrogens with zero attached hydrogens (tertiary/aromatic N) is 1. The Morgan fingerprint density at radius 3 is 2.64 bits per heavy atom. The molecule has 118 valence electrons.